The van der Waals surface area contributed by atoms with Gasteiger partial charge in [0.05, 0.1) is 17.7 Å². The summed E-state index contributed by atoms with van der Waals surface area (Å²) in [6.07, 6.45) is 3.22. The van der Waals surface area contributed by atoms with E-state index in [0.717, 1.165) is 19.3 Å². The fraction of sp³-hybridized carbons (Fsp3) is 0.467. The molecule has 1 N–H and O–H groups in total. The van der Waals surface area contributed by atoms with Crippen LogP contribution >= 0.6 is 0 Å². The van der Waals surface area contributed by atoms with Gasteiger partial charge in [0.2, 0.25) is 0 Å². The molecule has 0 aliphatic carbocycles. The summed E-state index contributed by atoms with van der Waals surface area (Å²) >= 11 is 0. The van der Waals surface area contributed by atoms with Gasteiger partial charge in [-0.15, -0.1) is 0 Å². The van der Waals surface area contributed by atoms with Gasteiger partial charge in [-0.3, -0.25) is 0 Å². The number of carboxylic acid groups (broad SMARTS) is 1. The van der Waals surface area contributed by atoms with Crippen LogP contribution in [0.15, 0.2) is 24.3 Å². The zero-order valence-corrected chi connectivity index (χ0v) is 11.4. The SMILES string of the molecule is CCCCC(C)COC(=O)c1ccccc1C(=O)O. The number of hydrogen-bond acceptors (Lipinski definition) is 3. The van der Waals surface area contributed by atoms with Crippen molar-refractivity contribution in [3.8, 4) is 0 Å². The molecule has 0 aliphatic heterocycles. The first-order valence-electron chi connectivity index (χ1n) is 6.55. The van der Waals surface area contributed by atoms with E-state index in [1.807, 2.05) is 6.92 Å². The lowest BCUT2D eigenvalue weighted by atomic mass is 10.1. The molecule has 0 radical (unpaired) electrons. The predicted octanol–water partition coefficient (Wildman–Crippen LogP) is 3.37. The second-order valence-electron chi connectivity index (χ2n) is 4.70. The van der Waals surface area contributed by atoms with E-state index in [1.165, 1.54) is 12.1 Å². The Kier molecular flexibility index (Phi) is 6.06. The lowest BCUT2D eigenvalue weighted by Crippen LogP contribution is -2.15. The largest absolute Gasteiger partial charge is 0.478 e. The Bertz CT molecular complexity index is 440. The Balaban J connectivity index is 2.61. The highest BCUT2D eigenvalue weighted by molar-refractivity contribution is 6.02. The highest BCUT2D eigenvalue weighted by Crippen LogP contribution is 2.13. The molecule has 0 fully saturated rings. The van der Waals surface area contributed by atoms with Crippen LogP contribution in [0.4, 0.5) is 0 Å². The Hall–Kier alpha value is -1.84. The van der Waals surface area contributed by atoms with Gasteiger partial charge in [0.1, 0.15) is 0 Å². The van der Waals surface area contributed by atoms with Crippen LogP contribution < -0.4 is 0 Å². The first kappa shape index (κ1) is 15.2. The minimum Gasteiger partial charge on any atom is -0.478 e. The van der Waals surface area contributed by atoms with Gasteiger partial charge in [0.25, 0.3) is 0 Å². The topological polar surface area (TPSA) is 63.6 Å². The van der Waals surface area contributed by atoms with Gasteiger partial charge < -0.3 is 9.84 Å². The zero-order valence-electron chi connectivity index (χ0n) is 11.4. The van der Waals surface area contributed by atoms with Crippen molar-refractivity contribution >= 4 is 11.9 Å². The molecule has 0 aliphatic rings. The summed E-state index contributed by atoms with van der Waals surface area (Å²) in [5.41, 5.74) is 0.0893. The molecule has 0 bridgehead atoms. The van der Waals surface area contributed by atoms with Crippen LogP contribution in [0, 0.1) is 5.92 Å². The first-order chi connectivity index (χ1) is 9.06. The van der Waals surface area contributed by atoms with Crippen molar-refractivity contribution in [2.75, 3.05) is 6.61 Å². The molecule has 0 spiro atoms. The molecule has 1 rings (SSSR count). The number of carboxylic acids is 1. The van der Waals surface area contributed by atoms with Gasteiger partial charge in [-0.1, -0.05) is 38.8 Å². The fourth-order valence-electron chi connectivity index (χ4n) is 1.78. The Morgan fingerprint density at radius 3 is 2.47 bits per heavy atom. The minimum atomic E-state index is -1.12. The molecule has 0 amide bonds. The third kappa shape index (κ3) is 4.73. The summed E-state index contributed by atoms with van der Waals surface area (Å²) in [4.78, 5) is 22.9. The van der Waals surface area contributed by atoms with E-state index in [1.54, 1.807) is 12.1 Å². The number of unbranched alkanes of at least 4 members (excludes halogenated alkanes) is 1. The van der Waals surface area contributed by atoms with E-state index in [9.17, 15) is 9.59 Å². The van der Waals surface area contributed by atoms with Crippen LogP contribution in [-0.2, 0) is 4.74 Å². The van der Waals surface area contributed by atoms with E-state index < -0.39 is 11.9 Å². The van der Waals surface area contributed by atoms with Crippen molar-refractivity contribution in [1.29, 1.82) is 0 Å². The van der Waals surface area contributed by atoms with Crippen LogP contribution in [-0.4, -0.2) is 23.7 Å². The highest BCUT2D eigenvalue weighted by atomic mass is 16.5. The maximum atomic E-state index is 11.9. The molecule has 4 nitrogen and oxygen atoms in total. The number of esters is 1. The zero-order chi connectivity index (χ0) is 14.3. The number of ether oxygens (including phenoxy) is 1. The standard InChI is InChI=1S/C15H20O4/c1-3-4-7-11(2)10-19-15(18)13-9-6-5-8-12(13)14(16)17/h5-6,8-9,11H,3-4,7,10H2,1-2H3,(H,16,17). The van der Waals surface area contributed by atoms with Crippen molar-refractivity contribution in [2.24, 2.45) is 5.92 Å². The molecule has 0 aromatic heterocycles. The quantitative estimate of drug-likeness (QED) is 0.767. The van der Waals surface area contributed by atoms with Crippen molar-refractivity contribution in [2.45, 2.75) is 33.1 Å². The van der Waals surface area contributed by atoms with E-state index in [4.69, 9.17) is 9.84 Å². The third-order valence-electron chi connectivity index (χ3n) is 2.93. The van der Waals surface area contributed by atoms with Crippen molar-refractivity contribution in [1.82, 2.24) is 0 Å². The van der Waals surface area contributed by atoms with E-state index in [2.05, 4.69) is 6.92 Å². The van der Waals surface area contributed by atoms with E-state index in [-0.39, 0.29) is 11.1 Å². The normalized spacial score (nSPS) is 11.9. The maximum absolute atomic E-state index is 11.9. The summed E-state index contributed by atoms with van der Waals surface area (Å²) in [7, 11) is 0. The van der Waals surface area contributed by atoms with Crippen molar-refractivity contribution < 1.29 is 19.4 Å². The van der Waals surface area contributed by atoms with Gasteiger partial charge in [-0.25, -0.2) is 9.59 Å². The maximum Gasteiger partial charge on any atom is 0.339 e. The summed E-state index contributed by atoms with van der Waals surface area (Å²) in [6.45, 7) is 4.46. The molecule has 1 aromatic rings. The number of aromatic carboxylic acids is 1. The average Bonchev–Trinajstić information content (AvgIpc) is 2.42. The summed E-state index contributed by atoms with van der Waals surface area (Å²) < 4.78 is 5.18. The molecule has 104 valence electrons. The molecular weight excluding hydrogens is 244 g/mol. The van der Waals surface area contributed by atoms with Gasteiger partial charge in [0.15, 0.2) is 0 Å². The lowest BCUT2D eigenvalue weighted by Gasteiger charge is -2.12. The number of benzene rings is 1. The molecule has 1 aromatic carbocycles. The predicted molar refractivity (Wildman–Crippen MR) is 72.4 cm³/mol. The smallest absolute Gasteiger partial charge is 0.339 e. The average molecular weight is 264 g/mol. The Labute approximate surface area is 113 Å². The summed E-state index contributed by atoms with van der Waals surface area (Å²) in [6, 6.07) is 6.09. The second-order valence-corrected chi connectivity index (χ2v) is 4.70. The number of carbonyl (C=O) groups is 2. The lowest BCUT2D eigenvalue weighted by molar-refractivity contribution is 0.0435. The number of carbonyl (C=O) groups excluding carboxylic acids is 1. The first-order valence-corrected chi connectivity index (χ1v) is 6.55. The molecule has 4 heteroatoms. The van der Waals surface area contributed by atoms with Gasteiger partial charge in [0, 0.05) is 0 Å². The Morgan fingerprint density at radius 1 is 1.26 bits per heavy atom. The molecule has 0 saturated carbocycles. The molecule has 0 saturated heterocycles. The molecule has 1 atom stereocenters. The van der Waals surface area contributed by atoms with Gasteiger partial charge in [-0.2, -0.15) is 0 Å². The third-order valence-corrected chi connectivity index (χ3v) is 2.93. The molecule has 19 heavy (non-hydrogen) atoms. The van der Waals surface area contributed by atoms with Crippen LogP contribution in [0.5, 0.6) is 0 Å². The van der Waals surface area contributed by atoms with Crippen LogP contribution in [0.3, 0.4) is 0 Å². The fourth-order valence-corrected chi connectivity index (χ4v) is 1.78. The molecule has 0 heterocycles. The van der Waals surface area contributed by atoms with Crippen LogP contribution in [0.25, 0.3) is 0 Å². The Morgan fingerprint density at radius 2 is 1.89 bits per heavy atom. The van der Waals surface area contributed by atoms with Crippen LogP contribution in [0.2, 0.25) is 0 Å². The van der Waals surface area contributed by atoms with Crippen LogP contribution in [0.1, 0.15) is 53.8 Å². The summed E-state index contributed by atoms with van der Waals surface area (Å²) in [5, 5.41) is 9.00. The minimum absolute atomic E-state index is 0.0197. The highest BCUT2D eigenvalue weighted by Gasteiger charge is 2.17. The van der Waals surface area contributed by atoms with Gasteiger partial charge >= 0.3 is 11.9 Å². The summed E-state index contributed by atoms with van der Waals surface area (Å²) in [5.74, 6) is -1.39. The molecule has 1 unspecified atom stereocenters. The monoisotopic (exact) mass is 264 g/mol. The van der Waals surface area contributed by atoms with E-state index in [0.29, 0.717) is 12.5 Å². The second kappa shape index (κ2) is 7.56. The molecular formula is C15H20O4. The van der Waals surface area contributed by atoms with E-state index >= 15 is 0 Å². The number of hydrogen-bond donors (Lipinski definition) is 1. The van der Waals surface area contributed by atoms with Crippen molar-refractivity contribution in [3.63, 3.8) is 0 Å². The van der Waals surface area contributed by atoms with Crippen molar-refractivity contribution in [3.05, 3.63) is 35.4 Å². The number of rotatable bonds is 7. The van der Waals surface area contributed by atoms with Gasteiger partial charge in [-0.05, 0) is 24.5 Å².